The molecule has 36 heavy (non-hydrogen) atoms. The van der Waals surface area contributed by atoms with Crippen molar-refractivity contribution in [1.82, 2.24) is 25.1 Å². The second kappa shape index (κ2) is 9.91. The molecular formula is C27H25N5O4. The number of fused-ring (bicyclic) bond motifs is 2. The molecule has 1 unspecified atom stereocenters. The minimum absolute atomic E-state index is 0.263. The van der Waals surface area contributed by atoms with E-state index in [1.54, 1.807) is 12.1 Å². The Hall–Kier alpha value is -4.66. The molecule has 0 spiro atoms. The Kier molecular flexibility index (Phi) is 6.36. The first-order chi connectivity index (χ1) is 17.6. The van der Waals surface area contributed by atoms with Gasteiger partial charge in [0.05, 0.1) is 42.9 Å². The van der Waals surface area contributed by atoms with Gasteiger partial charge in [-0.15, -0.1) is 0 Å². The third-order valence-electron chi connectivity index (χ3n) is 6.01. The number of ether oxygens (including phenoxy) is 2. The van der Waals surface area contributed by atoms with Crippen molar-refractivity contribution in [1.29, 1.82) is 0 Å². The zero-order valence-electron chi connectivity index (χ0n) is 19.9. The molecule has 5 aromatic rings. The number of rotatable bonds is 8. The molecule has 2 heterocycles. The number of aromatic amines is 1. The summed E-state index contributed by atoms with van der Waals surface area (Å²) >= 11 is 0. The average molecular weight is 484 g/mol. The van der Waals surface area contributed by atoms with E-state index in [0.717, 1.165) is 21.3 Å². The van der Waals surface area contributed by atoms with Gasteiger partial charge in [0.15, 0.2) is 11.5 Å². The molecule has 0 aliphatic carbocycles. The molecule has 9 heteroatoms. The van der Waals surface area contributed by atoms with Crippen molar-refractivity contribution >= 4 is 27.7 Å². The number of hydrogen-bond acceptors (Lipinski definition) is 6. The lowest BCUT2D eigenvalue weighted by molar-refractivity contribution is -0.122. The van der Waals surface area contributed by atoms with Crippen molar-refractivity contribution in [3.8, 4) is 11.5 Å². The quantitative estimate of drug-likeness (QED) is 0.350. The number of carbonyl (C=O) groups is 1. The normalized spacial score (nSPS) is 11.9. The Balaban J connectivity index is 1.45. The van der Waals surface area contributed by atoms with Crippen LogP contribution in [-0.2, 0) is 17.8 Å². The molecule has 0 saturated heterocycles. The minimum atomic E-state index is -0.443. The fraction of sp³-hybridized carbons (Fsp3) is 0.185. The summed E-state index contributed by atoms with van der Waals surface area (Å²) in [6, 6.07) is 20.5. The lowest BCUT2D eigenvalue weighted by Gasteiger charge is -2.17. The third kappa shape index (κ3) is 4.50. The SMILES string of the molecule is COc1ccc2cnn(CC(=O)NC(Cc3ccccc3)c3nc4ccccc4[nH]3)c(=O)c2c1OC. The molecular weight excluding hydrogens is 458 g/mol. The maximum Gasteiger partial charge on any atom is 0.279 e. The van der Waals surface area contributed by atoms with Crippen LogP contribution in [-0.4, -0.2) is 39.9 Å². The summed E-state index contributed by atoms with van der Waals surface area (Å²) in [5, 5.41) is 8.13. The van der Waals surface area contributed by atoms with Crippen LogP contribution in [0.5, 0.6) is 11.5 Å². The van der Waals surface area contributed by atoms with Gasteiger partial charge in [0.1, 0.15) is 12.4 Å². The molecule has 3 aromatic carbocycles. The second-order valence-electron chi connectivity index (χ2n) is 8.32. The topological polar surface area (TPSA) is 111 Å². The molecule has 5 rings (SSSR count). The highest BCUT2D eigenvalue weighted by Gasteiger charge is 2.21. The maximum absolute atomic E-state index is 13.2. The molecule has 9 nitrogen and oxygen atoms in total. The van der Waals surface area contributed by atoms with Crippen molar-refractivity contribution in [3.05, 3.63) is 94.7 Å². The van der Waals surface area contributed by atoms with E-state index in [1.165, 1.54) is 20.4 Å². The van der Waals surface area contributed by atoms with Gasteiger partial charge in [0, 0.05) is 5.39 Å². The van der Waals surface area contributed by atoms with Gasteiger partial charge < -0.3 is 19.8 Å². The smallest absolute Gasteiger partial charge is 0.279 e. The maximum atomic E-state index is 13.2. The predicted octanol–water partition coefficient (Wildman–Crippen LogP) is 3.39. The highest BCUT2D eigenvalue weighted by Crippen LogP contribution is 2.32. The number of hydrogen-bond donors (Lipinski definition) is 2. The van der Waals surface area contributed by atoms with E-state index in [0.29, 0.717) is 34.5 Å². The number of amides is 1. The lowest BCUT2D eigenvalue weighted by Crippen LogP contribution is -2.37. The summed E-state index contributed by atoms with van der Waals surface area (Å²) in [4.78, 5) is 34.4. The molecule has 0 radical (unpaired) electrons. The van der Waals surface area contributed by atoms with Crippen LogP contribution in [0.2, 0.25) is 0 Å². The van der Waals surface area contributed by atoms with E-state index in [9.17, 15) is 9.59 Å². The van der Waals surface area contributed by atoms with Gasteiger partial charge in [-0.2, -0.15) is 5.10 Å². The average Bonchev–Trinajstić information content (AvgIpc) is 3.34. The Labute approximate surface area is 206 Å². The molecule has 1 atom stereocenters. The predicted molar refractivity (Wildman–Crippen MR) is 136 cm³/mol. The fourth-order valence-electron chi connectivity index (χ4n) is 4.28. The standard InChI is InChI=1S/C27H25N5O4/c1-35-22-13-12-18-15-28-32(27(34)24(18)25(22)36-2)16-23(33)29-21(14-17-8-4-3-5-9-17)26-30-19-10-6-7-11-20(19)31-26/h3-13,15,21H,14,16H2,1-2H3,(H,29,33)(H,30,31). The molecule has 0 fully saturated rings. The molecule has 0 aliphatic rings. The van der Waals surface area contributed by atoms with Crippen LogP contribution >= 0.6 is 0 Å². The van der Waals surface area contributed by atoms with Crippen LogP contribution in [0.1, 0.15) is 17.4 Å². The molecule has 0 saturated carbocycles. The van der Waals surface area contributed by atoms with Crippen molar-refractivity contribution in [2.75, 3.05) is 14.2 Å². The number of methoxy groups -OCH3 is 2. The number of benzene rings is 3. The van der Waals surface area contributed by atoms with Crippen molar-refractivity contribution in [2.24, 2.45) is 0 Å². The van der Waals surface area contributed by atoms with Crippen molar-refractivity contribution in [2.45, 2.75) is 19.0 Å². The highest BCUT2D eigenvalue weighted by atomic mass is 16.5. The van der Waals surface area contributed by atoms with Crippen LogP contribution in [0.25, 0.3) is 21.8 Å². The van der Waals surface area contributed by atoms with Gasteiger partial charge in [-0.05, 0) is 36.2 Å². The summed E-state index contributed by atoms with van der Waals surface area (Å²) in [5.41, 5.74) is 2.30. The zero-order chi connectivity index (χ0) is 25.1. The third-order valence-corrected chi connectivity index (χ3v) is 6.01. The molecule has 2 aromatic heterocycles. The largest absolute Gasteiger partial charge is 0.493 e. The van der Waals surface area contributed by atoms with E-state index in [2.05, 4.69) is 20.4 Å². The fourth-order valence-corrected chi connectivity index (χ4v) is 4.28. The minimum Gasteiger partial charge on any atom is -0.493 e. The van der Waals surface area contributed by atoms with Crippen LogP contribution < -0.4 is 20.3 Å². The van der Waals surface area contributed by atoms with Gasteiger partial charge in [-0.1, -0.05) is 42.5 Å². The summed E-state index contributed by atoms with van der Waals surface area (Å²) < 4.78 is 11.9. The second-order valence-corrected chi connectivity index (χ2v) is 8.32. The Morgan fingerprint density at radius 3 is 2.56 bits per heavy atom. The molecule has 1 amide bonds. The van der Waals surface area contributed by atoms with Crippen molar-refractivity contribution in [3.63, 3.8) is 0 Å². The summed E-state index contributed by atoms with van der Waals surface area (Å²) in [6.07, 6.45) is 2.06. The first kappa shape index (κ1) is 23.1. The van der Waals surface area contributed by atoms with Crippen LogP contribution in [0.3, 0.4) is 0 Å². The monoisotopic (exact) mass is 483 g/mol. The number of carbonyl (C=O) groups excluding carboxylic acids is 1. The number of nitrogens with zero attached hydrogens (tertiary/aromatic N) is 3. The summed E-state index contributed by atoms with van der Waals surface area (Å²) in [5.74, 6) is 1.00. The summed E-state index contributed by atoms with van der Waals surface area (Å²) in [6.45, 7) is -0.263. The van der Waals surface area contributed by atoms with Crippen LogP contribution in [0.15, 0.2) is 77.7 Å². The van der Waals surface area contributed by atoms with E-state index in [1.807, 2.05) is 54.6 Å². The molecule has 0 aliphatic heterocycles. The Bertz CT molecular complexity index is 1560. The number of imidazole rings is 1. The first-order valence-corrected chi connectivity index (χ1v) is 11.5. The highest BCUT2D eigenvalue weighted by molar-refractivity contribution is 5.89. The molecule has 182 valence electrons. The number of para-hydroxylation sites is 2. The Morgan fingerprint density at radius 2 is 1.81 bits per heavy atom. The van der Waals surface area contributed by atoms with Gasteiger partial charge in [0.2, 0.25) is 5.91 Å². The number of nitrogens with one attached hydrogen (secondary N) is 2. The van der Waals surface area contributed by atoms with Gasteiger partial charge in [-0.25, -0.2) is 9.67 Å². The van der Waals surface area contributed by atoms with Crippen molar-refractivity contribution < 1.29 is 14.3 Å². The Morgan fingerprint density at radius 1 is 1.03 bits per heavy atom. The van der Waals surface area contributed by atoms with Gasteiger partial charge >= 0.3 is 0 Å². The van der Waals surface area contributed by atoms with Crippen LogP contribution in [0, 0.1) is 0 Å². The van der Waals surface area contributed by atoms with E-state index < -0.39 is 11.6 Å². The van der Waals surface area contributed by atoms with E-state index in [4.69, 9.17) is 9.47 Å². The summed E-state index contributed by atoms with van der Waals surface area (Å²) in [7, 11) is 2.97. The first-order valence-electron chi connectivity index (χ1n) is 11.5. The van der Waals surface area contributed by atoms with Gasteiger partial charge in [0.25, 0.3) is 5.56 Å². The van der Waals surface area contributed by atoms with E-state index >= 15 is 0 Å². The molecule has 2 N–H and O–H groups in total. The number of H-pyrrole nitrogens is 1. The lowest BCUT2D eigenvalue weighted by atomic mass is 10.1. The number of aromatic nitrogens is 4. The van der Waals surface area contributed by atoms with Gasteiger partial charge in [-0.3, -0.25) is 9.59 Å². The molecule has 0 bridgehead atoms. The van der Waals surface area contributed by atoms with E-state index in [-0.39, 0.29) is 12.5 Å². The van der Waals surface area contributed by atoms with Crippen LogP contribution in [0.4, 0.5) is 0 Å². The zero-order valence-corrected chi connectivity index (χ0v) is 19.9.